The molecule has 0 saturated heterocycles. The fraction of sp³-hybridized carbons (Fsp3) is 1.00. The SMILES string of the molecule is C1CC[C@@H]2[C@H](C1)[C@@H]1CCCC[C@@H]1C13C[C@@H]4CC(C[C@@H](C4)C1)[C@H]23. The van der Waals surface area contributed by atoms with Gasteiger partial charge in [-0.1, -0.05) is 25.7 Å². The number of hydrogen-bond donors (Lipinski definition) is 0. The monoisotopic (exact) mass is 298 g/mol. The van der Waals surface area contributed by atoms with E-state index in [2.05, 4.69) is 0 Å². The van der Waals surface area contributed by atoms with Crippen molar-refractivity contribution in [1.29, 1.82) is 0 Å². The highest BCUT2D eigenvalue weighted by Crippen LogP contribution is 2.74. The second-order valence-electron chi connectivity index (χ2n) is 10.5. The molecule has 0 aromatic rings. The van der Waals surface area contributed by atoms with Gasteiger partial charge in [0.25, 0.3) is 0 Å². The molecule has 2 unspecified atom stereocenters. The minimum atomic E-state index is 0.873. The molecule has 0 aromatic heterocycles. The van der Waals surface area contributed by atoms with Crippen LogP contribution >= 0.6 is 0 Å². The van der Waals surface area contributed by atoms with Crippen molar-refractivity contribution in [3.05, 3.63) is 0 Å². The Morgan fingerprint density at radius 3 is 2.00 bits per heavy atom. The lowest BCUT2D eigenvalue weighted by Gasteiger charge is -2.72. The molecule has 0 radical (unpaired) electrons. The Kier molecular flexibility index (Phi) is 2.75. The van der Waals surface area contributed by atoms with Crippen LogP contribution in [0.2, 0.25) is 0 Å². The van der Waals surface area contributed by atoms with Crippen molar-refractivity contribution < 1.29 is 0 Å². The van der Waals surface area contributed by atoms with Crippen LogP contribution in [0.5, 0.6) is 0 Å². The predicted molar refractivity (Wildman–Crippen MR) is 90.4 cm³/mol. The van der Waals surface area contributed by atoms with Crippen molar-refractivity contribution in [2.75, 3.05) is 0 Å². The predicted octanol–water partition coefficient (Wildman–Crippen LogP) is 6.06. The Balaban J connectivity index is 1.48. The third-order valence-corrected chi connectivity index (χ3v) is 9.89. The Hall–Kier alpha value is 0. The van der Waals surface area contributed by atoms with Crippen LogP contribution in [0.15, 0.2) is 0 Å². The summed E-state index contributed by atoms with van der Waals surface area (Å²) >= 11 is 0. The highest BCUT2D eigenvalue weighted by Gasteiger charge is 2.66. The van der Waals surface area contributed by atoms with E-state index in [0.29, 0.717) is 0 Å². The maximum Gasteiger partial charge on any atom is -0.0227 e. The van der Waals surface area contributed by atoms with Crippen molar-refractivity contribution in [2.24, 2.45) is 52.8 Å². The van der Waals surface area contributed by atoms with Gasteiger partial charge in [0.15, 0.2) is 0 Å². The van der Waals surface area contributed by atoms with Gasteiger partial charge in [0, 0.05) is 0 Å². The quantitative estimate of drug-likeness (QED) is 0.510. The molecule has 0 heterocycles. The highest BCUT2D eigenvalue weighted by molar-refractivity contribution is 5.15. The van der Waals surface area contributed by atoms with Crippen molar-refractivity contribution in [2.45, 2.75) is 83.5 Å². The van der Waals surface area contributed by atoms with Gasteiger partial charge < -0.3 is 0 Å². The maximum atomic E-state index is 1.69. The number of rotatable bonds is 0. The van der Waals surface area contributed by atoms with Crippen LogP contribution in [0.1, 0.15) is 83.5 Å². The summed E-state index contributed by atoms with van der Waals surface area (Å²) in [5, 5.41) is 0. The highest BCUT2D eigenvalue weighted by atomic mass is 14.7. The lowest BCUT2D eigenvalue weighted by atomic mass is 9.33. The van der Waals surface area contributed by atoms with Gasteiger partial charge in [-0.25, -0.2) is 0 Å². The number of fused-ring (bicyclic) bond motifs is 3. The average Bonchev–Trinajstić information content (AvgIpc) is 2.54. The van der Waals surface area contributed by atoms with Crippen molar-refractivity contribution in [3.63, 3.8) is 0 Å². The first-order valence-corrected chi connectivity index (χ1v) is 10.9. The van der Waals surface area contributed by atoms with Gasteiger partial charge in [0.1, 0.15) is 0 Å². The van der Waals surface area contributed by atoms with Crippen LogP contribution in [0, 0.1) is 52.8 Å². The van der Waals surface area contributed by atoms with E-state index in [-0.39, 0.29) is 0 Å². The second kappa shape index (κ2) is 4.54. The number of hydrogen-bond acceptors (Lipinski definition) is 0. The van der Waals surface area contributed by atoms with E-state index in [9.17, 15) is 0 Å². The standard InChI is InChI=1S/C22H34/c1-2-7-19-17(5-1)18-6-3-4-8-20(18)22-12-14-9-15(13-22)11-16(10-14)21(19)22/h14-21H,1-13H2/t14-,15+,16?,17-,18+,19-,20+,21-,22?/m1/s1. The van der Waals surface area contributed by atoms with Gasteiger partial charge >= 0.3 is 0 Å². The summed E-state index contributed by atoms with van der Waals surface area (Å²) in [6, 6.07) is 0. The fourth-order valence-corrected chi connectivity index (χ4v) is 10.0. The van der Waals surface area contributed by atoms with E-state index >= 15 is 0 Å². The smallest absolute Gasteiger partial charge is 0.0227 e. The zero-order valence-electron chi connectivity index (χ0n) is 14.3. The third-order valence-electron chi connectivity index (χ3n) is 9.89. The first-order chi connectivity index (χ1) is 10.9. The zero-order chi connectivity index (χ0) is 14.3. The van der Waals surface area contributed by atoms with E-state index in [1.54, 1.807) is 83.5 Å². The lowest BCUT2D eigenvalue weighted by Crippen LogP contribution is -2.64. The van der Waals surface area contributed by atoms with Crippen LogP contribution in [0.25, 0.3) is 0 Å². The van der Waals surface area contributed by atoms with Crippen molar-refractivity contribution in [1.82, 2.24) is 0 Å². The first-order valence-electron chi connectivity index (χ1n) is 10.9. The van der Waals surface area contributed by atoms with Gasteiger partial charge in [0.2, 0.25) is 0 Å². The summed E-state index contributed by atoms with van der Waals surface area (Å²) in [5.74, 6) is 9.41. The average molecular weight is 299 g/mol. The van der Waals surface area contributed by atoms with Crippen molar-refractivity contribution in [3.8, 4) is 0 Å². The van der Waals surface area contributed by atoms with Gasteiger partial charge in [-0.3, -0.25) is 0 Å². The van der Waals surface area contributed by atoms with E-state index in [4.69, 9.17) is 0 Å². The molecule has 0 N–H and O–H groups in total. The van der Waals surface area contributed by atoms with Crippen LogP contribution in [0.3, 0.4) is 0 Å². The Morgan fingerprint density at radius 1 is 0.591 bits per heavy atom. The van der Waals surface area contributed by atoms with E-state index in [0.717, 1.165) is 17.3 Å². The molecule has 9 atom stereocenters. The Labute approximate surface area is 136 Å². The van der Waals surface area contributed by atoms with Gasteiger partial charge in [-0.05, 0) is 111 Å². The van der Waals surface area contributed by atoms with E-state index in [1.165, 1.54) is 35.5 Å². The normalized spacial score (nSPS) is 62.2. The van der Waals surface area contributed by atoms with Crippen LogP contribution in [-0.2, 0) is 0 Å². The molecule has 7 rings (SSSR count). The molecule has 122 valence electrons. The summed E-state index contributed by atoms with van der Waals surface area (Å²) < 4.78 is 0. The second-order valence-corrected chi connectivity index (χ2v) is 10.5. The topological polar surface area (TPSA) is 0 Å². The summed E-state index contributed by atoms with van der Waals surface area (Å²) in [4.78, 5) is 0. The minimum Gasteiger partial charge on any atom is -0.0530 e. The summed E-state index contributed by atoms with van der Waals surface area (Å²) in [6.45, 7) is 0. The van der Waals surface area contributed by atoms with Crippen molar-refractivity contribution >= 4 is 0 Å². The molecule has 4 bridgehead atoms. The molecule has 0 nitrogen and oxygen atoms in total. The van der Waals surface area contributed by atoms with E-state index in [1.807, 2.05) is 0 Å². The molecule has 7 saturated carbocycles. The molecule has 7 fully saturated rings. The fourth-order valence-electron chi connectivity index (χ4n) is 10.0. The Morgan fingerprint density at radius 2 is 1.23 bits per heavy atom. The third kappa shape index (κ3) is 1.56. The summed E-state index contributed by atoms with van der Waals surface area (Å²) in [7, 11) is 0. The Bertz CT molecular complexity index is 451. The molecule has 0 amide bonds. The summed E-state index contributed by atoms with van der Waals surface area (Å²) in [6.07, 6.45) is 21.1. The van der Waals surface area contributed by atoms with Crippen LogP contribution in [0.4, 0.5) is 0 Å². The maximum absolute atomic E-state index is 1.69. The summed E-state index contributed by atoms with van der Waals surface area (Å²) in [5.41, 5.74) is 0.873. The zero-order valence-corrected chi connectivity index (χ0v) is 14.3. The molecular weight excluding hydrogens is 264 g/mol. The molecule has 0 aliphatic heterocycles. The molecule has 7 aliphatic rings. The molecule has 0 heteroatoms. The molecule has 7 aliphatic carbocycles. The molecule has 1 spiro atoms. The molecule has 22 heavy (non-hydrogen) atoms. The van der Waals surface area contributed by atoms with Gasteiger partial charge in [-0.15, -0.1) is 0 Å². The minimum absolute atomic E-state index is 0.873. The van der Waals surface area contributed by atoms with Gasteiger partial charge in [0.05, 0.1) is 0 Å². The largest absolute Gasteiger partial charge is 0.0530 e. The van der Waals surface area contributed by atoms with Crippen LogP contribution in [-0.4, -0.2) is 0 Å². The molecular formula is C22H34. The lowest BCUT2D eigenvalue weighted by molar-refractivity contribution is -0.228. The molecule has 0 aromatic carbocycles. The van der Waals surface area contributed by atoms with E-state index < -0.39 is 0 Å². The van der Waals surface area contributed by atoms with Gasteiger partial charge in [-0.2, -0.15) is 0 Å². The van der Waals surface area contributed by atoms with Crippen LogP contribution < -0.4 is 0 Å². The first kappa shape index (κ1) is 13.3.